The Balaban J connectivity index is 2.54. The fourth-order valence-electron chi connectivity index (χ4n) is 2.03. The van der Waals surface area contributed by atoms with Crippen molar-refractivity contribution in [1.82, 2.24) is 0 Å². The summed E-state index contributed by atoms with van der Waals surface area (Å²) in [7, 11) is 3.17. The molecule has 1 heterocycles. The highest BCUT2D eigenvalue weighted by Gasteiger charge is 2.23. The molecule has 1 unspecified atom stereocenters. The molecule has 0 radical (unpaired) electrons. The minimum atomic E-state index is -0.770. The first-order valence-electron chi connectivity index (χ1n) is 5.73. The highest BCUT2D eigenvalue weighted by atomic mass is 79.9. The van der Waals surface area contributed by atoms with Crippen LogP contribution in [-0.4, -0.2) is 19.3 Å². The lowest BCUT2D eigenvalue weighted by Crippen LogP contribution is -2.05. The van der Waals surface area contributed by atoms with Gasteiger partial charge in [0.05, 0.1) is 23.6 Å². The molecule has 1 atom stereocenters. The lowest BCUT2D eigenvalue weighted by molar-refractivity contribution is 0.208. The van der Waals surface area contributed by atoms with Gasteiger partial charge in [0.2, 0.25) is 0 Å². The second-order valence-corrected chi connectivity index (χ2v) is 6.68. The third kappa shape index (κ3) is 2.78. The zero-order valence-electron chi connectivity index (χ0n) is 10.9. The van der Waals surface area contributed by atoms with E-state index in [-0.39, 0.29) is 0 Å². The molecule has 1 N–H and O–H groups in total. The molecular formula is C14H15BrO3S. The van der Waals surface area contributed by atoms with Gasteiger partial charge in [0, 0.05) is 10.4 Å². The minimum absolute atomic E-state index is 0.619. The summed E-state index contributed by atoms with van der Waals surface area (Å²) in [5.41, 5.74) is 1.51. The quantitative estimate of drug-likeness (QED) is 0.915. The minimum Gasteiger partial charge on any atom is -0.496 e. The van der Waals surface area contributed by atoms with Crippen molar-refractivity contribution < 1.29 is 14.6 Å². The molecule has 0 aliphatic carbocycles. The van der Waals surface area contributed by atoms with Crippen LogP contribution in [0.25, 0.3) is 0 Å². The summed E-state index contributed by atoms with van der Waals surface area (Å²) in [6.07, 6.45) is -0.770. The van der Waals surface area contributed by atoms with Gasteiger partial charge >= 0.3 is 0 Å². The molecule has 0 aliphatic heterocycles. The fraction of sp³-hybridized carbons (Fsp3) is 0.286. The Morgan fingerprint density at radius 3 is 2.21 bits per heavy atom. The van der Waals surface area contributed by atoms with E-state index in [1.165, 1.54) is 0 Å². The Morgan fingerprint density at radius 2 is 1.79 bits per heavy atom. The van der Waals surface area contributed by atoms with Crippen LogP contribution in [0.5, 0.6) is 11.5 Å². The van der Waals surface area contributed by atoms with Crippen molar-refractivity contribution in [3.8, 4) is 11.5 Å². The molecule has 5 heteroatoms. The van der Waals surface area contributed by atoms with Gasteiger partial charge in [0.15, 0.2) is 0 Å². The number of aryl methyl sites for hydroxylation is 1. The Kier molecular flexibility index (Phi) is 4.50. The lowest BCUT2D eigenvalue weighted by Gasteiger charge is -2.18. The first-order valence-corrected chi connectivity index (χ1v) is 7.34. The molecule has 0 aliphatic rings. The van der Waals surface area contributed by atoms with Gasteiger partial charge in [0.1, 0.15) is 17.6 Å². The molecule has 0 saturated carbocycles. The summed E-state index contributed by atoms with van der Waals surface area (Å²) in [5, 5.41) is 10.6. The second kappa shape index (κ2) is 5.94. The highest BCUT2D eigenvalue weighted by Crippen LogP contribution is 2.40. The molecule has 0 spiro atoms. The number of methoxy groups -OCH3 is 2. The van der Waals surface area contributed by atoms with E-state index in [0.29, 0.717) is 17.1 Å². The van der Waals surface area contributed by atoms with E-state index < -0.39 is 6.10 Å². The van der Waals surface area contributed by atoms with E-state index in [4.69, 9.17) is 9.47 Å². The molecular weight excluding hydrogens is 328 g/mol. The number of hydrogen-bond acceptors (Lipinski definition) is 4. The van der Waals surface area contributed by atoms with E-state index in [0.717, 1.165) is 14.2 Å². The van der Waals surface area contributed by atoms with Crippen molar-refractivity contribution in [2.45, 2.75) is 13.0 Å². The monoisotopic (exact) mass is 342 g/mol. The number of halogens is 1. The van der Waals surface area contributed by atoms with Gasteiger partial charge in [-0.05, 0) is 41.1 Å². The van der Waals surface area contributed by atoms with Crippen molar-refractivity contribution in [2.75, 3.05) is 14.2 Å². The zero-order chi connectivity index (χ0) is 14.0. The van der Waals surface area contributed by atoms with Crippen LogP contribution in [0.2, 0.25) is 0 Å². The smallest absolute Gasteiger partial charge is 0.128 e. The predicted octanol–water partition coefficient (Wildman–Crippen LogP) is 3.92. The van der Waals surface area contributed by atoms with Crippen LogP contribution >= 0.6 is 27.3 Å². The maximum absolute atomic E-state index is 10.6. The van der Waals surface area contributed by atoms with Gasteiger partial charge in [-0.3, -0.25) is 0 Å². The molecule has 0 fully saturated rings. The molecule has 0 bridgehead atoms. The summed E-state index contributed by atoms with van der Waals surface area (Å²) in [6.45, 7) is 1.98. The van der Waals surface area contributed by atoms with Crippen molar-refractivity contribution in [1.29, 1.82) is 0 Å². The van der Waals surface area contributed by atoms with E-state index in [9.17, 15) is 5.11 Å². The molecule has 102 valence electrons. The van der Waals surface area contributed by atoms with Gasteiger partial charge < -0.3 is 14.6 Å². The molecule has 2 rings (SSSR count). The first kappa shape index (κ1) is 14.4. The van der Waals surface area contributed by atoms with Crippen LogP contribution in [-0.2, 0) is 0 Å². The standard InChI is InChI=1S/C14H15BrO3S/c1-8-9(7-12(15)19-8)14(16)13-10(17-2)5-4-6-11(13)18-3/h4-7,14,16H,1-3H3. The third-order valence-corrected chi connectivity index (χ3v) is 4.53. The molecule has 19 heavy (non-hydrogen) atoms. The van der Waals surface area contributed by atoms with Gasteiger partial charge in [-0.25, -0.2) is 0 Å². The molecule has 1 aromatic heterocycles. The number of ether oxygens (including phenoxy) is 2. The summed E-state index contributed by atoms with van der Waals surface area (Å²) in [4.78, 5) is 1.06. The van der Waals surface area contributed by atoms with Crippen LogP contribution in [0.4, 0.5) is 0 Å². The molecule has 0 saturated heterocycles. The number of hydrogen-bond donors (Lipinski definition) is 1. The Hall–Kier alpha value is -1.04. The number of rotatable bonds is 4. The fourth-order valence-corrected chi connectivity index (χ4v) is 3.78. The average molecular weight is 343 g/mol. The molecule has 2 aromatic rings. The van der Waals surface area contributed by atoms with Crippen LogP contribution in [0.3, 0.4) is 0 Å². The van der Waals surface area contributed by atoms with E-state index >= 15 is 0 Å². The summed E-state index contributed by atoms with van der Waals surface area (Å²) >= 11 is 5.03. The van der Waals surface area contributed by atoms with Crippen LogP contribution < -0.4 is 9.47 Å². The van der Waals surface area contributed by atoms with Crippen molar-refractivity contribution in [2.24, 2.45) is 0 Å². The van der Waals surface area contributed by atoms with Crippen molar-refractivity contribution in [3.63, 3.8) is 0 Å². The Bertz CT molecular complexity index is 558. The molecule has 3 nitrogen and oxygen atoms in total. The number of aliphatic hydroxyl groups excluding tert-OH is 1. The van der Waals surface area contributed by atoms with Gasteiger partial charge in [-0.1, -0.05) is 6.07 Å². The lowest BCUT2D eigenvalue weighted by atomic mass is 10.0. The number of thiophene rings is 1. The Labute approximate surface area is 124 Å². The molecule has 1 aromatic carbocycles. The van der Waals surface area contributed by atoms with Gasteiger partial charge in [-0.2, -0.15) is 0 Å². The third-order valence-electron chi connectivity index (χ3n) is 2.96. The average Bonchev–Trinajstić information content (AvgIpc) is 2.75. The molecule has 0 amide bonds. The number of aliphatic hydroxyl groups is 1. The van der Waals surface area contributed by atoms with Crippen LogP contribution in [0.15, 0.2) is 28.1 Å². The largest absolute Gasteiger partial charge is 0.496 e. The van der Waals surface area contributed by atoms with E-state index in [2.05, 4.69) is 15.9 Å². The Morgan fingerprint density at radius 1 is 1.21 bits per heavy atom. The van der Waals surface area contributed by atoms with Crippen LogP contribution in [0, 0.1) is 6.92 Å². The van der Waals surface area contributed by atoms with Gasteiger partial charge in [0.25, 0.3) is 0 Å². The maximum atomic E-state index is 10.6. The highest BCUT2D eigenvalue weighted by molar-refractivity contribution is 9.11. The van der Waals surface area contributed by atoms with Crippen molar-refractivity contribution >= 4 is 27.3 Å². The predicted molar refractivity (Wildman–Crippen MR) is 80.4 cm³/mol. The summed E-state index contributed by atoms with van der Waals surface area (Å²) in [6, 6.07) is 7.40. The second-order valence-electron chi connectivity index (χ2n) is 4.04. The SMILES string of the molecule is COc1cccc(OC)c1C(O)c1cc(Br)sc1C. The number of benzene rings is 1. The van der Waals surface area contributed by atoms with E-state index in [1.807, 2.05) is 31.2 Å². The topological polar surface area (TPSA) is 38.7 Å². The summed E-state index contributed by atoms with van der Waals surface area (Å²) < 4.78 is 11.7. The first-order chi connectivity index (χ1) is 9.08. The summed E-state index contributed by atoms with van der Waals surface area (Å²) in [5.74, 6) is 1.24. The van der Waals surface area contributed by atoms with Crippen LogP contribution in [0.1, 0.15) is 22.1 Å². The van der Waals surface area contributed by atoms with Crippen molar-refractivity contribution in [3.05, 3.63) is 44.1 Å². The normalized spacial score (nSPS) is 12.3. The maximum Gasteiger partial charge on any atom is 0.128 e. The van der Waals surface area contributed by atoms with Gasteiger partial charge in [-0.15, -0.1) is 11.3 Å². The van der Waals surface area contributed by atoms with E-state index in [1.54, 1.807) is 25.6 Å². The zero-order valence-corrected chi connectivity index (χ0v) is 13.3.